The molecule has 0 saturated carbocycles. The van der Waals surface area contributed by atoms with Crippen molar-refractivity contribution in [1.82, 2.24) is 0 Å². The third kappa shape index (κ3) is 3.81. The van der Waals surface area contributed by atoms with Gasteiger partial charge in [-0.1, -0.05) is 0 Å². The molecule has 0 unspecified atom stereocenters. The number of nitrogens with one attached hydrogen (secondary N) is 1. The molecule has 0 heterocycles. The maximum atomic E-state index is 10.7. The Morgan fingerprint density at radius 2 is 2.07 bits per heavy atom. The number of carbonyl (C=O) groups excluding carboxylic acids is 1. The summed E-state index contributed by atoms with van der Waals surface area (Å²) in [5, 5.41) is 2.72. The monoisotopic (exact) mass is 210 g/mol. The summed E-state index contributed by atoms with van der Waals surface area (Å²) in [5.41, 5.74) is 6.22. The van der Waals surface area contributed by atoms with Gasteiger partial charge in [0.1, 0.15) is 0 Å². The van der Waals surface area contributed by atoms with Crippen molar-refractivity contribution in [3.63, 3.8) is 0 Å². The number of rotatable bonds is 4. The van der Waals surface area contributed by atoms with E-state index in [9.17, 15) is 4.79 Å². The van der Waals surface area contributed by atoms with Gasteiger partial charge < -0.3 is 11.1 Å². The van der Waals surface area contributed by atoms with E-state index in [1.165, 1.54) is 11.8 Å². The highest BCUT2D eigenvalue weighted by Gasteiger charge is 1.96. The van der Waals surface area contributed by atoms with Gasteiger partial charge >= 0.3 is 0 Å². The highest BCUT2D eigenvalue weighted by atomic mass is 32.2. The highest BCUT2D eigenvalue weighted by molar-refractivity contribution is 7.99. The van der Waals surface area contributed by atoms with Gasteiger partial charge in [-0.3, -0.25) is 4.79 Å². The molecule has 0 aliphatic carbocycles. The minimum atomic E-state index is -0.0487. The number of thioether (sulfide) groups is 1. The van der Waals surface area contributed by atoms with Gasteiger partial charge in [-0.25, -0.2) is 0 Å². The number of hydrogen-bond donors (Lipinski definition) is 2. The van der Waals surface area contributed by atoms with Crippen LogP contribution in [0.5, 0.6) is 0 Å². The molecule has 4 heteroatoms. The molecule has 0 spiro atoms. The molecule has 0 radical (unpaired) electrons. The molecule has 0 aliphatic heterocycles. The molecule has 1 aromatic carbocycles. The molecule has 0 saturated heterocycles. The summed E-state index contributed by atoms with van der Waals surface area (Å²) in [5.74, 6) is 0.867. The first-order chi connectivity index (χ1) is 6.72. The van der Waals surface area contributed by atoms with E-state index in [4.69, 9.17) is 5.73 Å². The lowest BCUT2D eigenvalue weighted by molar-refractivity contribution is -0.114. The highest BCUT2D eigenvalue weighted by Crippen LogP contribution is 2.19. The van der Waals surface area contributed by atoms with Gasteiger partial charge in [0, 0.05) is 29.8 Å². The Morgan fingerprint density at radius 3 is 2.57 bits per heavy atom. The van der Waals surface area contributed by atoms with Gasteiger partial charge in [0.05, 0.1) is 0 Å². The van der Waals surface area contributed by atoms with E-state index in [1.807, 2.05) is 24.3 Å². The predicted molar refractivity (Wildman–Crippen MR) is 60.5 cm³/mol. The number of nitrogens with two attached hydrogens (primary N) is 1. The van der Waals surface area contributed by atoms with Crippen molar-refractivity contribution in [1.29, 1.82) is 0 Å². The number of anilines is 1. The first-order valence-corrected chi connectivity index (χ1v) is 5.41. The van der Waals surface area contributed by atoms with Crippen LogP contribution in [0.4, 0.5) is 5.69 Å². The first kappa shape index (κ1) is 11.1. The molecule has 0 atom stereocenters. The smallest absolute Gasteiger partial charge is 0.221 e. The molecule has 0 aromatic heterocycles. The van der Waals surface area contributed by atoms with E-state index >= 15 is 0 Å². The molecule has 14 heavy (non-hydrogen) atoms. The average Bonchev–Trinajstić information content (AvgIpc) is 2.16. The fraction of sp³-hybridized carbons (Fsp3) is 0.300. The zero-order valence-corrected chi connectivity index (χ0v) is 8.93. The summed E-state index contributed by atoms with van der Waals surface area (Å²) < 4.78 is 0. The fourth-order valence-corrected chi connectivity index (χ4v) is 1.70. The van der Waals surface area contributed by atoms with Crippen molar-refractivity contribution in [3.05, 3.63) is 24.3 Å². The molecule has 0 bridgehead atoms. The quantitative estimate of drug-likeness (QED) is 0.744. The second kappa shape index (κ2) is 5.67. The Labute approximate surface area is 88.1 Å². The molecule has 3 N–H and O–H groups in total. The SMILES string of the molecule is CC(=O)Nc1ccc(SCCN)cc1. The summed E-state index contributed by atoms with van der Waals surface area (Å²) in [6.45, 7) is 2.18. The third-order valence-corrected chi connectivity index (χ3v) is 2.61. The lowest BCUT2D eigenvalue weighted by Gasteiger charge is -2.03. The van der Waals surface area contributed by atoms with Crippen molar-refractivity contribution in [3.8, 4) is 0 Å². The van der Waals surface area contributed by atoms with Crippen LogP contribution in [-0.2, 0) is 4.79 Å². The Hall–Kier alpha value is -1.00. The van der Waals surface area contributed by atoms with Gasteiger partial charge in [0.25, 0.3) is 0 Å². The van der Waals surface area contributed by atoms with E-state index in [1.54, 1.807) is 11.8 Å². The number of carbonyl (C=O) groups is 1. The fourth-order valence-electron chi connectivity index (χ4n) is 1.01. The van der Waals surface area contributed by atoms with Crippen molar-refractivity contribution < 1.29 is 4.79 Å². The summed E-state index contributed by atoms with van der Waals surface area (Å²) in [6.07, 6.45) is 0. The molecule has 1 rings (SSSR count). The maximum absolute atomic E-state index is 10.7. The van der Waals surface area contributed by atoms with Gasteiger partial charge in [-0.05, 0) is 24.3 Å². The van der Waals surface area contributed by atoms with E-state index in [0.717, 1.165) is 11.4 Å². The first-order valence-electron chi connectivity index (χ1n) is 4.43. The molecule has 1 amide bonds. The molecular formula is C10H14N2OS. The van der Waals surface area contributed by atoms with Crippen LogP contribution in [-0.4, -0.2) is 18.2 Å². The van der Waals surface area contributed by atoms with E-state index in [-0.39, 0.29) is 5.91 Å². The van der Waals surface area contributed by atoms with Crippen LogP contribution >= 0.6 is 11.8 Å². The zero-order chi connectivity index (χ0) is 10.4. The number of amides is 1. The lowest BCUT2D eigenvalue weighted by Crippen LogP contribution is -2.05. The molecule has 0 fully saturated rings. The van der Waals surface area contributed by atoms with Gasteiger partial charge in [0.2, 0.25) is 5.91 Å². The van der Waals surface area contributed by atoms with Crippen LogP contribution in [0.1, 0.15) is 6.92 Å². The van der Waals surface area contributed by atoms with Crippen LogP contribution < -0.4 is 11.1 Å². The Bertz CT molecular complexity index is 297. The summed E-state index contributed by atoms with van der Waals surface area (Å²) in [6, 6.07) is 7.73. The minimum absolute atomic E-state index is 0.0487. The van der Waals surface area contributed by atoms with E-state index in [0.29, 0.717) is 6.54 Å². The van der Waals surface area contributed by atoms with Crippen LogP contribution in [0, 0.1) is 0 Å². The zero-order valence-electron chi connectivity index (χ0n) is 8.12. The summed E-state index contributed by atoms with van der Waals surface area (Å²) in [7, 11) is 0. The van der Waals surface area contributed by atoms with Gasteiger partial charge in [0.15, 0.2) is 0 Å². The standard InChI is InChI=1S/C10H14N2OS/c1-8(13)12-9-2-4-10(5-3-9)14-7-6-11/h2-5H,6-7,11H2,1H3,(H,12,13). The van der Waals surface area contributed by atoms with Crippen molar-refractivity contribution in [2.45, 2.75) is 11.8 Å². The summed E-state index contributed by atoms with van der Waals surface area (Å²) >= 11 is 1.71. The second-order valence-corrected chi connectivity index (χ2v) is 4.01. The Balaban J connectivity index is 2.54. The van der Waals surface area contributed by atoms with Crippen molar-refractivity contribution in [2.75, 3.05) is 17.6 Å². The number of benzene rings is 1. The normalized spacial score (nSPS) is 9.86. The summed E-state index contributed by atoms with van der Waals surface area (Å²) in [4.78, 5) is 11.9. The molecule has 0 aliphatic rings. The lowest BCUT2D eigenvalue weighted by atomic mass is 10.3. The minimum Gasteiger partial charge on any atom is -0.330 e. The van der Waals surface area contributed by atoms with Crippen LogP contribution in [0.15, 0.2) is 29.2 Å². The van der Waals surface area contributed by atoms with Crippen molar-refractivity contribution >= 4 is 23.4 Å². The average molecular weight is 210 g/mol. The van der Waals surface area contributed by atoms with E-state index < -0.39 is 0 Å². The van der Waals surface area contributed by atoms with Crippen LogP contribution in [0.2, 0.25) is 0 Å². The van der Waals surface area contributed by atoms with Crippen LogP contribution in [0.25, 0.3) is 0 Å². The predicted octanol–water partition coefficient (Wildman–Crippen LogP) is 1.70. The third-order valence-electron chi connectivity index (χ3n) is 1.56. The maximum Gasteiger partial charge on any atom is 0.221 e. The number of hydrogen-bond acceptors (Lipinski definition) is 3. The largest absolute Gasteiger partial charge is 0.330 e. The van der Waals surface area contributed by atoms with Gasteiger partial charge in [-0.2, -0.15) is 0 Å². The Morgan fingerprint density at radius 1 is 1.43 bits per heavy atom. The van der Waals surface area contributed by atoms with Gasteiger partial charge in [-0.15, -0.1) is 11.8 Å². The molecule has 3 nitrogen and oxygen atoms in total. The van der Waals surface area contributed by atoms with Crippen molar-refractivity contribution in [2.24, 2.45) is 5.73 Å². The topological polar surface area (TPSA) is 55.1 Å². The molecular weight excluding hydrogens is 196 g/mol. The van der Waals surface area contributed by atoms with Crippen LogP contribution in [0.3, 0.4) is 0 Å². The Kier molecular flexibility index (Phi) is 4.49. The molecule has 1 aromatic rings. The molecule has 76 valence electrons. The second-order valence-electron chi connectivity index (χ2n) is 2.84. The van der Waals surface area contributed by atoms with E-state index in [2.05, 4.69) is 5.32 Å².